The summed E-state index contributed by atoms with van der Waals surface area (Å²) in [6.07, 6.45) is 9.81. The summed E-state index contributed by atoms with van der Waals surface area (Å²) in [6, 6.07) is 0. The number of hydrogen-bond donors (Lipinski definition) is 0. The van der Waals surface area contributed by atoms with Crippen LogP contribution in [0.3, 0.4) is 0 Å². The highest BCUT2D eigenvalue weighted by molar-refractivity contribution is 5.68. The third kappa shape index (κ3) is 4.64. The van der Waals surface area contributed by atoms with Gasteiger partial charge in [-0.25, -0.2) is 0 Å². The van der Waals surface area contributed by atoms with Crippen molar-refractivity contribution in [2.45, 2.75) is 58.3 Å². The quantitative estimate of drug-likeness (QED) is 0.500. The SMILES string of the molecule is CCC(=O)OCCCC1CCCCC1. The van der Waals surface area contributed by atoms with E-state index in [0.717, 1.165) is 12.3 Å². The van der Waals surface area contributed by atoms with Gasteiger partial charge in [-0.15, -0.1) is 0 Å². The molecule has 0 spiro atoms. The van der Waals surface area contributed by atoms with Gasteiger partial charge < -0.3 is 4.74 Å². The van der Waals surface area contributed by atoms with Gasteiger partial charge in [0.25, 0.3) is 0 Å². The summed E-state index contributed by atoms with van der Waals surface area (Å²) < 4.78 is 5.04. The molecule has 0 unspecified atom stereocenters. The van der Waals surface area contributed by atoms with Crippen molar-refractivity contribution in [3.63, 3.8) is 0 Å². The van der Waals surface area contributed by atoms with Gasteiger partial charge in [0.15, 0.2) is 0 Å². The monoisotopic (exact) mass is 198 g/mol. The molecule has 1 rings (SSSR count). The van der Waals surface area contributed by atoms with Gasteiger partial charge >= 0.3 is 5.97 Å². The third-order valence-corrected chi connectivity index (χ3v) is 3.03. The second-order valence-electron chi connectivity index (χ2n) is 4.22. The predicted molar refractivity (Wildman–Crippen MR) is 57.1 cm³/mol. The molecule has 0 atom stereocenters. The van der Waals surface area contributed by atoms with E-state index in [1.807, 2.05) is 6.92 Å². The highest BCUT2D eigenvalue weighted by atomic mass is 16.5. The highest BCUT2D eigenvalue weighted by Crippen LogP contribution is 2.27. The molecule has 0 heterocycles. The van der Waals surface area contributed by atoms with Gasteiger partial charge in [-0.05, 0) is 18.8 Å². The Labute approximate surface area is 87.0 Å². The summed E-state index contributed by atoms with van der Waals surface area (Å²) in [4.78, 5) is 10.8. The second-order valence-corrected chi connectivity index (χ2v) is 4.22. The van der Waals surface area contributed by atoms with Crippen LogP contribution in [-0.4, -0.2) is 12.6 Å². The molecule has 0 radical (unpaired) electrons. The van der Waals surface area contributed by atoms with Crippen molar-refractivity contribution in [2.24, 2.45) is 5.92 Å². The van der Waals surface area contributed by atoms with Gasteiger partial charge in [-0.1, -0.05) is 39.0 Å². The van der Waals surface area contributed by atoms with Crippen molar-refractivity contribution in [2.75, 3.05) is 6.61 Å². The zero-order valence-corrected chi connectivity index (χ0v) is 9.26. The molecule has 1 fully saturated rings. The second kappa shape index (κ2) is 6.86. The molecule has 2 nitrogen and oxygen atoms in total. The Balaban J connectivity index is 1.94. The van der Waals surface area contributed by atoms with E-state index < -0.39 is 0 Å². The Morgan fingerprint density at radius 3 is 2.64 bits per heavy atom. The molecule has 0 aromatic heterocycles. The number of rotatable bonds is 5. The first kappa shape index (κ1) is 11.5. The standard InChI is InChI=1S/C12H22O2/c1-2-12(13)14-10-6-9-11-7-4-3-5-8-11/h11H,2-10H2,1H3. The van der Waals surface area contributed by atoms with Crippen LogP contribution < -0.4 is 0 Å². The minimum atomic E-state index is -0.0614. The summed E-state index contributed by atoms with van der Waals surface area (Å²) in [5.74, 6) is 0.845. The fourth-order valence-corrected chi connectivity index (χ4v) is 2.14. The molecule has 0 bridgehead atoms. The van der Waals surface area contributed by atoms with E-state index in [0.29, 0.717) is 13.0 Å². The Morgan fingerprint density at radius 1 is 1.29 bits per heavy atom. The molecule has 2 heteroatoms. The lowest BCUT2D eigenvalue weighted by atomic mass is 9.86. The Bertz CT molecular complexity index is 160. The maximum absolute atomic E-state index is 10.8. The molecular formula is C12H22O2. The van der Waals surface area contributed by atoms with Gasteiger partial charge in [0.1, 0.15) is 0 Å². The molecule has 1 aliphatic carbocycles. The van der Waals surface area contributed by atoms with Gasteiger partial charge in [-0.2, -0.15) is 0 Å². The lowest BCUT2D eigenvalue weighted by Crippen LogP contribution is -2.09. The van der Waals surface area contributed by atoms with Crippen molar-refractivity contribution in [1.82, 2.24) is 0 Å². The molecule has 82 valence electrons. The normalized spacial score (nSPS) is 18.1. The summed E-state index contributed by atoms with van der Waals surface area (Å²) in [7, 11) is 0. The van der Waals surface area contributed by atoms with Crippen LogP contribution in [0, 0.1) is 5.92 Å². The van der Waals surface area contributed by atoms with Crippen molar-refractivity contribution >= 4 is 5.97 Å². The summed E-state index contributed by atoms with van der Waals surface area (Å²) in [5, 5.41) is 0. The van der Waals surface area contributed by atoms with E-state index in [1.165, 1.54) is 38.5 Å². The molecule has 0 aromatic rings. The predicted octanol–water partition coefficient (Wildman–Crippen LogP) is 3.30. The Kier molecular flexibility index (Phi) is 5.65. The van der Waals surface area contributed by atoms with E-state index in [1.54, 1.807) is 0 Å². The summed E-state index contributed by atoms with van der Waals surface area (Å²) in [6.45, 7) is 2.46. The van der Waals surface area contributed by atoms with E-state index in [9.17, 15) is 4.79 Å². The molecule has 1 saturated carbocycles. The van der Waals surface area contributed by atoms with E-state index in [4.69, 9.17) is 4.74 Å². The van der Waals surface area contributed by atoms with Gasteiger partial charge in [0.05, 0.1) is 6.61 Å². The molecule has 1 aliphatic rings. The number of carbonyl (C=O) groups excluding carboxylic acids is 1. The summed E-state index contributed by atoms with van der Waals surface area (Å²) >= 11 is 0. The molecule has 14 heavy (non-hydrogen) atoms. The average Bonchev–Trinajstić information content (AvgIpc) is 2.25. The molecule has 0 amide bonds. The van der Waals surface area contributed by atoms with Gasteiger partial charge in [0, 0.05) is 6.42 Å². The van der Waals surface area contributed by atoms with Crippen molar-refractivity contribution in [3.8, 4) is 0 Å². The van der Waals surface area contributed by atoms with Gasteiger partial charge in [0.2, 0.25) is 0 Å². The van der Waals surface area contributed by atoms with Gasteiger partial charge in [-0.3, -0.25) is 4.79 Å². The fraction of sp³-hybridized carbons (Fsp3) is 0.917. The van der Waals surface area contributed by atoms with Crippen molar-refractivity contribution in [3.05, 3.63) is 0 Å². The molecular weight excluding hydrogens is 176 g/mol. The van der Waals surface area contributed by atoms with Crippen LogP contribution in [0.1, 0.15) is 58.3 Å². The van der Waals surface area contributed by atoms with Crippen LogP contribution in [0.5, 0.6) is 0 Å². The van der Waals surface area contributed by atoms with Crippen LogP contribution in [0.4, 0.5) is 0 Å². The lowest BCUT2D eigenvalue weighted by molar-refractivity contribution is -0.143. The first-order valence-electron chi connectivity index (χ1n) is 5.98. The molecule has 0 N–H and O–H groups in total. The van der Waals surface area contributed by atoms with Crippen molar-refractivity contribution < 1.29 is 9.53 Å². The first-order valence-corrected chi connectivity index (χ1v) is 5.98. The Morgan fingerprint density at radius 2 is 2.00 bits per heavy atom. The number of carbonyl (C=O) groups is 1. The van der Waals surface area contributed by atoms with Crippen LogP contribution in [0.2, 0.25) is 0 Å². The number of ether oxygens (including phenoxy) is 1. The zero-order valence-electron chi connectivity index (χ0n) is 9.26. The minimum Gasteiger partial charge on any atom is -0.466 e. The van der Waals surface area contributed by atoms with E-state index in [-0.39, 0.29) is 5.97 Å². The molecule has 0 aliphatic heterocycles. The number of esters is 1. The average molecular weight is 198 g/mol. The lowest BCUT2D eigenvalue weighted by Gasteiger charge is -2.21. The van der Waals surface area contributed by atoms with E-state index >= 15 is 0 Å². The van der Waals surface area contributed by atoms with E-state index in [2.05, 4.69) is 0 Å². The highest BCUT2D eigenvalue weighted by Gasteiger charge is 2.12. The first-order chi connectivity index (χ1) is 6.83. The zero-order chi connectivity index (χ0) is 10.2. The maximum Gasteiger partial charge on any atom is 0.305 e. The van der Waals surface area contributed by atoms with Crippen LogP contribution in [0.25, 0.3) is 0 Å². The topological polar surface area (TPSA) is 26.3 Å². The fourth-order valence-electron chi connectivity index (χ4n) is 2.14. The Hall–Kier alpha value is -0.530. The van der Waals surface area contributed by atoms with Crippen LogP contribution in [-0.2, 0) is 9.53 Å². The minimum absolute atomic E-state index is 0.0614. The third-order valence-electron chi connectivity index (χ3n) is 3.03. The maximum atomic E-state index is 10.8. The van der Waals surface area contributed by atoms with Crippen LogP contribution >= 0.6 is 0 Å². The molecule has 0 aromatic carbocycles. The molecule has 0 saturated heterocycles. The largest absolute Gasteiger partial charge is 0.466 e. The smallest absolute Gasteiger partial charge is 0.305 e. The number of hydrogen-bond acceptors (Lipinski definition) is 2. The van der Waals surface area contributed by atoms with Crippen molar-refractivity contribution in [1.29, 1.82) is 0 Å². The summed E-state index contributed by atoms with van der Waals surface area (Å²) in [5.41, 5.74) is 0. The van der Waals surface area contributed by atoms with Crippen LogP contribution in [0.15, 0.2) is 0 Å².